The summed E-state index contributed by atoms with van der Waals surface area (Å²) < 4.78 is 5.31. The predicted molar refractivity (Wildman–Crippen MR) is 82.3 cm³/mol. The third-order valence-electron chi connectivity index (χ3n) is 5.09. The fraction of sp³-hybridized carbons (Fsp3) is 0.647. The Balaban J connectivity index is 1.59. The number of rotatable bonds is 5. The zero-order chi connectivity index (χ0) is 13.9. The van der Waals surface area contributed by atoms with Gasteiger partial charge in [-0.3, -0.25) is 4.90 Å². The molecule has 2 aliphatic rings. The van der Waals surface area contributed by atoms with Crippen LogP contribution in [0.15, 0.2) is 24.3 Å². The number of ether oxygens (including phenoxy) is 1. The Labute approximate surface area is 122 Å². The van der Waals surface area contributed by atoms with Crippen molar-refractivity contribution in [1.29, 1.82) is 0 Å². The van der Waals surface area contributed by atoms with Gasteiger partial charge in [-0.1, -0.05) is 12.1 Å². The lowest BCUT2D eigenvalue weighted by Crippen LogP contribution is -2.48. The Morgan fingerprint density at radius 3 is 2.65 bits per heavy atom. The van der Waals surface area contributed by atoms with Crippen LogP contribution in [-0.4, -0.2) is 43.7 Å². The minimum atomic E-state index is 0.737. The molecule has 0 saturated carbocycles. The molecule has 2 fully saturated rings. The average Bonchev–Trinajstić information content (AvgIpc) is 2.73. The lowest BCUT2D eigenvalue weighted by atomic mass is 9.97. The molecule has 0 spiro atoms. The number of piperidine rings is 1. The molecular formula is C17H26N2O. The molecule has 0 aromatic heterocycles. The van der Waals surface area contributed by atoms with Crippen LogP contribution in [0.5, 0.6) is 5.75 Å². The molecule has 1 N–H and O–H groups in total. The highest BCUT2D eigenvalue weighted by Crippen LogP contribution is 2.35. The number of benzene rings is 1. The zero-order valence-electron chi connectivity index (χ0n) is 12.6. The normalized spacial score (nSPS) is 29.6. The standard InChI is InChI=1S/C17H26N2O/c1-18-14-11-15-6-7-16(12-14)19(15)9-8-13-4-3-5-17(10-13)20-2/h3-5,10,14-16,18H,6-9,11-12H2,1-2H3. The van der Waals surface area contributed by atoms with E-state index >= 15 is 0 Å². The van der Waals surface area contributed by atoms with Gasteiger partial charge in [0.1, 0.15) is 5.75 Å². The fourth-order valence-corrected chi connectivity index (χ4v) is 3.96. The van der Waals surface area contributed by atoms with Crippen LogP contribution >= 0.6 is 0 Å². The summed E-state index contributed by atoms with van der Waals surface area (Å²) in [4.78, 5) is 2.76. The lowest BCUT2D eigenvalue weighted by Gasteiger charge is -2.39. The van der Waals surface area contributed by atoms with Gasteiger partial charge in [0.2, 0.25) is 0 Å². The second kappa shape index (κ2) is 6.15. The van der Waals surface area contributed by atoms with E-state index in [1.54, 1.807) is 7.11 Å². The average molecular weight is 274 g/mol. The topological polar surface area (TPSA) is 24.5 Å². The second-order valence-electron chi connectivity index (χ2n) is 6.18. The molecule has 0 aliphatic carbocycles. The Morgan fingerprint density at radius 2 is 2.00 bits per heavy atom. The van der Waals surface area contributed by atoms with Crippen molar-refractivity contribution in [3.63, 3.8) is 0 Å². The van der Waals surface area contributed by atoms with Gasteiger partial charge >= 0.3 is 0 Å². The summed E-state index contributed by atoms with van der Waals surface area (Å²) in [5.41, 5.74) is 1.39. The third kappa shape index (κ3) is 2.84. The van der Waals surface area contributed by atoms with E-state index < -0.39 is 0 Å². The molecule has 2 bridgehead atoms. The number of nitrogens with one attached hydrogen (secondary N) is 1. The molecule has 2 unspecified atom stereocenters. The molecule has 20 heavy (non-hydrogen) atoms. The van der Waals surface area contributed by atoms with E-state index in [2.05, 4.69) is 35.5 Å². The van der Waals surface area contributed by atoms with Crippen LogP contribution in [0, 0.1) is 0 Å². The second-order valence-corrected chi connectivity index (χ2v) is 6.18. The summed E-state index contributed by atoms with van der Waals surface area (Å²) >= 11 is 0. The van der Waals surface area contributed by atoms with Gasteiger partial charge in [0, 0.05) is 24.7 Å². The highest BCUT2D eigenvalue weighted by Gasteiger charge is 2.39. The van der Waals surface area contributed by atoms with Gasteiger partial charge in [-0.15, -0.1) is 0 Å². The van der Waals surface area contributed by atoms with Crippen molar-refractivity contribution in [3.05, 3.63) is 29.8 Å². The minimum absolute atomic E-state index is 0.737. The van der Waals surface area contributed by atoms with Crippen LogP contribution in [0.1, 0.15) is 31.2 Å². The SMILES string of the molecule is CNC1CC2CCC(C1)N2CCc1cccc(OC)c1. The third-order valence-corrected chi connectivity index (χ3v) is 5.09. The van der Waals surface area contributed by atoms with Crippen molar-refractivity contribution in [2.75, 3.05) is 20.7 Å². The molecule has 1 aromatic rings. The van der Waals surface area contributed by atoms with E-state index in [1.165, 1.54) is 37.8 Å². The highest BCUT2D eigenvalue weighted by molar-refractivity contribution is 5.28. The molecular weight excluding hydrogens is 248 g/mol. The number of hydrogen-bond acceptors (Lipinski definition) is 3. The van der Waals surface area contributed by atoms with Crippen LogP contribution in [-0.2, 0) is 6.42 Å². The molecule has 1 aromatic carbocycles. The zero-order valence-corrected chi connectivity index (χ0v) is 12.6. The van der Waals surface area contributed by atoms with Gasteiger partial charge in [0.05, 0.1) is 7.11 Å². The summed E-state index contributed by atoms with van der Waals surface area (Å²) in [7, 11) is 3.85. The Bertz CT molecular complexity index is 434. The molecule has 110 valence electrons. The van der Waals surface area contributed by atoms with Gasteiger partial charge in [0.25, 0.3) is 0 Å². The molecule has 2 atom stereocenters. The van der Waals surface area contributed by atoms with Gasteiger partial charge in [0.15, 0.2) is 0 Å². The first kappa shape index (κ1) is 13.9. The van der Waals surface area contributed by atoms with Crippen LogP contribution < -0.4 is 10.1 Å². The quantitative estimate of drug-likeness (QED) is 0.892. The minimum Gasteiger partial charge on any atom is -0.497 e. The van der Waals surface area contributed by atoms with Crippen molar-refractivity contribution in [3.8, 4) is 5.75 Å². The van der Waals surface area contributed by atoms with Crippen molar-refractivity contribution >= 4 is 0 Å². The smallest absolute Gasteiger partial charge is 0.119 e. The monoisotopic (exact) mass is 274 g/mol. The lowest BCUT2D eigenvalue weighted by molar-refractivity contribution is 0.121. The van der Waals surface area contributed by atoms with Crippen LogP contribution in [0.3, 0.4) is 0 Å². The summed E-state index contributed by atoms with van der Waals surface area (Å²) in [6.07, 6.45) is 6.56. The maximum absolute atomic E-state index is 5.31. The number of nitrogens with zero attached hydrogens (tertiary/aromatic N) is 1. The maximum atomic E-state index is 5.31. The van der Waals surface area contributed by atoms with Gasteiger partial charge in [-0.05, 0) is 56.8 Å². The van der Waals surface area contributed by atoms with Crippen molar-refractivity contribution < 1.29 is 4.74 Å². The first-order valence-corrected chi connectivity index (χ1v) is 7.86. The summed E-state index contributed by atoms with van der Waals surface area (Å²) in [6.45, 7) is 1.19. The molecule has 2 heterocycles. The maximum Gasteiger partial charge on any atom is 0.119 e. The van der Waals surface area contributed by atoms with Gasteiger partial charge in [-0.2, -0.15) is 0 Å². The van der Waals surface area contributed by atoms with E-state index in [0.717, 1.165) is 30.3 Å². The van der Waals surface area contributed by atoms with Crippen LogP contribution in [0.2, 0.25) is 0 Å². The predicted octanol–water partition coefficient (Wildman–Crippen LogP) is 2.45. The van der Waals surface area contributed by atoms with E-state index in [1.807, 2.05) is 6.07 Å². The Hall–Kier alpha value is -1.06. The van der Waals surface area contributed by atoms with Crippen molar-refractivity contribution in [2.45, 2.75) is 50.2 Å². The fourth-order valence-electron chi connectivity index (χ4n) is 3.96. The Morgan fingerprint density at radius 1 is 1.25 bits per heavy atom. The Kier molecular flexibility index (Phi) is 4.27. The molecule has 2 saturated heterocycles. The summed E-state index contributed by atoms with van der Waals surface area (Å²) in [5.74, 6) is 0.972. The largest absolute Gasteiger partial charge is 0.497 e. The first-order chi connectivity index (χ1) is 9.80. The highest BCUT2D eigenvalue weighted by atomic mass is 16.5. The molecule has 0 amide bonds. The molecule has 3 nitrogen and oxygen atoms in total. The molecule has 2 aliphatic heterocycles. The van der Waals surface area contributed by atoms with E-state index in [9.17, 15) is 0 Å². The van der Waals surface area contributed by atoms with Crippen molar-refractivity contribution in [2.24, 2.45) is 0 Å². The van der Waals surface area contributed by atoms with E-state index in [0.29, 0.717) is 0 Å². The number of fused-ring (bicyclic) bond motifs is 2. The van der Waals surface area contributed by atoms with Gasteiger partial charge in [-0.25, -0.2) is 0 Å². The van der Waals surface area contributed by atoms with E-state index in [4.69, 9.17) is 4.74 Å². The van der Waals surface area contributed by atoms with Crippen LogP contribution in [0.4, 0.5) is 0 Å². The van der Waals surface area contributed by atoms with Crippen LogP contribution in [0.25, 0.3) is 0 Å². The van der Waals surface area contributed by atoms with Crippen molar-refractivity contribution in [1.82, 2.24) is 10.2 Å². The summed E-state index contributed by atoms with van der Waals surface area (Å²) in [5, 5.41) is 3.47. The molecule has 3 heteroatoms. The van der Waals surface area contributed by atoms with Gasteiger partial charge < -0.3 is 10.1 Å². The summed E-state index contributed by atoms with van der Waals surface area (Å²) in [6, 6.07) is 10.8. The molecule has 0 radical (unpaired) electrons. The number of hydrogen-bond donors (Lipinski definition) is 1. The molecule has 3 rings (SSSR count). The number of methoxy groups -OCH3 is 1. The van der Waals surface area contributed by atoms with E-state index in [-0.39, 0.29) is 0 Å². The first-order valence-electron chi connectivity index (χ1n) is 7.86.